The van der Waals surface area contributed by atoms with Gasteiger partial charge in [0.05, 0.1) is 6.61 Å². The molecule has 0 aliphatic carbocycles. The van der Waals surface area contributed by atoms with Gasteiger partial charge in [0.25, 0.3) is 0 Å². The highest BCUT2D eigenvalue weighted by Crippen LogP contribution is 2.42. The molecule has 3 aromatic rings. The van der Waals surface area contributed by atoms with E-state index in [0.29, 0.717) is 0 Å². The molecular formula is C21H20O12. The van der Waals surface area contributed by atoms with Crippen LogP contribution in [0.2, 0.25) is 0 Å². The largest absolute Gasteiger partial charge is 0.507 e. The van der Waals surface area contributed by atoms with Crippen LogP contribution in [0, 0.1) is 0 Å². The molecular weight excluding hydrogens is 444 g/mol. The van der Waals surface area contributed by atoms with E-state index >= 15 is 0 Å². The van der Waals surface area contributed by atoms with Gasteiger partial charge in [-0.15, -0.1) is 0 Å². The van der Waals surface area contributed by atoms with Crippen molar-refractivity contribution in [2.45, 2.75) is 30.7 Å². The maximum Gasteiger partial charge on any atom is 0.229 e. The Hall–Kier alpha value is -3.55. The first-order valence-electron chi connectivity index (χ1n) is 9.64. The Morgan fingerprint density at radius 2 is 1.58 bits per heavy atom. The van der Waals surface area contributed by atoms with E-state index in [0.717, 1.165) is 24.3 Å². The fraction of sp³-hybridized carbons (Fsp3) is 0.286. The molecule has 1 fully saturated rings. The predicted octanol–water partition coefficient (Wildman–Crippen LogP) is -0.539. The molecule has 33 heavy (non-hydrogen) atoms. The Labute approximate surface area is 184 Å². The number of hydrogen-bond donors (Lipinski definition) is 8. The topological polar surface area (TPSA) is 211 Å². The number of ether oxygens (including phenoxy) is 2. The average Bonchev–Trinajstić information content (AvgIpc) is 2.77. The number of fused-ring (bicyclic) bond motifs is 1. The number of phenols is 4. The SMILES string of the molecule is O=c1cc(-c2ccc(O)c(O)c2)oc2c(O[C@H]3O[C@H](CO)[C@@H](O)[C@H](O)[C@H]3O)c(O)cc(O)c12. The fourth-order valence-corrected chi connectivity index (χ4v) is 3.49. The molecule has 1 saturated heterocycles. The first-order valence-corrected chi connectivity index (χ1v) is 9.64. The molecule has 12 heteroatoms. The number of rotatable bonds is 4. The molecule has 12 nitrogen and oxygen atoms in total. The van der Waals surface area contributed by atoms with Crippen LogP contribution in [0.1, 0.15) is 0 Å². The lowest BCUT2D eigenvalue weighted by Gasteiger charge is -2.39. The second-order valence-corrected chi connectivity index (χ2v) is 7.44. The number of benzene rings is 2. The molecule has 1 aliphatic heterocycles. The van der Waals surface area contributed by atoms with Crippen molar-refractivity contribution in [3.05, 3.63) is 40.6 Å². The van der Waals surface area contributed by atoms with Gasteiger partial charge in [0.15, 0.2) is 28.3 Å². The van der Waals surface area contributed by atoms with Gasteiger partial charge in [-0.2, -0.15) is 0 Å². The zero-order chi connectivity index (χ0) is 24.0. The molecule has 176 valence electrons. The maximum atomic E-state index is 12.7. The van der Waals surface area contributed by atoms with Crippen LogP contribution in [0.5, 0.6) is 28.7 Å². The van der Waals surface area contributed by atoms with Gasteiger partial charge < -0.3 is 54.7 Å². The van der Waals surface area contributed by atoms with E-state index in [2.05, 4.69) is 0 Å². The van der Waals surface area contributed by atoms with E-state index in [1.807, 2.05) is 0 Å². The molecule has 1 aromatic heterocycles. The molecule has 0 unspecified atom stereocenters. The van der Waals surface area contributed by atoms with Gasteiger partial charge in [0.2, 0.25) is 12.0 Å². The summed E-state index contributed by atoms with van der Waals surface area (Å²) in [5.74, 6) is -2.94. The van der Waals surface area contributed by atoms with Crippen molar-refractivity contribution in [1.29, 1.82) is 0 Å². The highest BCUT2D eigenvalue weighted by atomic mass is 16.7. The highest BCUT2D eigenvalue weighted by Gasteiger charge is 2.45. The minimum Gasteiger partial charge on any atom is -0.507 e. The fourth-order valence-electron chi connectivity index (χ4n) is 3.49. The molecule has 2 aromatic carbocycles. The summed E-state index contributed by atoms with van der Waals surface area (Å²) in [5.41, 5.74) is -1.06. The molecule has 4 rings (SSSR count). The summed E-state index contributed by atoms with van der Waals surface area (Å²) in [6, 6.07) is 5.40. The second kappa shape index (κ2) is 8.42. The summed E-state index contributed by atoms with van der Waals surface area (Å²) in [6.07, 6.45) is -8.27. The Kier molecular flexibility index (Phi) is 5.78. The van der Waals surface area contributed by atoms with Crippen LogP contribution in [0.25, 0.3) is 22.3 Å². The van der Waals surface area contributed by atoms with Crippen LogP contribution < -0.4 is 10.2 Å². The van der Waals surface area contributed by atoms with Crippen molar-refractivity contribution in [3.63, 3.8) is 0 Å². The molecule has 0 amide bonds. The number of aromatic hydroxyl groups is 4. The average molecular weight is 464 g/mol. The third kappa shape index (κ3) is 3.90. The second-order valence-electron chi connectivity index (χ2n) is 7.44. The quantitative estimate of drug-likeness (QED) is 0.229. The summed E-state index contributed by atoms with van der Waals surface area (Å²) in [4.78, 5) is 12.7. The summed E-state index contributed by atoms with van der Waals surface area (Å²) < 4.78 is 16.4. The number of hydrogen-bond acceptors (Lipinski definition) is 12. The Balaban J connectivity index is 1.85. The molecule has 0 saturated carbocycles. The maximum absolute atomic E-state index is 12.7. The number of phenolic OH excluding ortho intramolecular Hbond substituents is 4. The molecule has 1 aliphatic rings. The van der Waals surface area contributed by atoms with Crippen LogP contribution in [-0.2, 0) is 4.74 Å². The molecule has 8 N–H and O–H groups in total. The van der Waals surface area contributed by atoms with Crippen LogP contribution in [0.15, 0.2) is 39.5 Å². The standard InChI is InChI=1S/C21H20O12/c22-6-14-16(28)17(29)18(30)21(32-14)33-19-12(27)4-10(25)15-11(26)5-13(31-20(15)19)7-1-2-8(23)9(24)3-7/h1-5,14,16-18,21-25,27-30H,6H2/t14-,16-,17+,18-,21-/m1/s1. The van der Waals surface area contributed by atoms with Crippen LogP contribution in [0.3, 0.4) is 0 Å². The van der Waals surface area contributed by atoms with E-state index in [9.17, 15) is 45.6 Å². The Morgan fingerprint density at radius 1 is 0.848 bits per heavy atom. The monoisotopic (exact) mass is 464 g/mol. The van der Waals surface area contributed by atoms with Gasteiger partial charge in [0.1, 0.15) is 41.3 Å². The van der Waals surface area contributed by atoms with Crippen LogP contribution in [0.4, 0.5) is 0 Å². The van der Waals surface area contributed by atoms with Crippen LogP contribution in [-0.4, -0.2) is 78.2 Å². The summed E-state index contributed by atoms with van der Waals surface area (Å²) in [7, 11) is 0. The van der Waals surface area contributed by atoms with Crippen molar-refractivity contribution in [3.8, 4) is 40.1 Å². The Morgan fingerprint density at radius 3 is 2.24 bits per heavy atom. The number of aliphatic hydroxyl groups is 4. The van der Waals surface area contributed by atoms with Gasteiger partial charge in [-0.05, 0) is 18.2 Å². The zero-order valence-electron chi connectivity index (χ0n) is 16.7. The minimum absolute atomic E-state index is 0.133. The lowest BCUT2D eigenvalue weighted by atomic mass is 9.99. The highest BCUT2D eigenvalue weighted by molar-refractivity contribution is 5.91. The first kappa shape index (κ1) is 22.6. The normalized spacial score (nSPS) is 25.3. The van der Waals surface area contributed by atoms with Crippen molar-refractivity contribution in [2.24, 2.45) is 0 Å². The summed E-state index contributed by atoms with van der Waals surface area (Å²) in [6.45, 7) is -0.726. The Bertz CT molecular complexity index is 1250. The zero-order valence-corrected chi connectivity index (χ0v) is 16.7. The summed E-state index contributed by atoms with van der Waals surface area (Å²) >= 11 is 0. The van der Waals surface area contributed by atoms with Crippen molar-refractivity contribution < 1.29 is 54.7 Å². The smallest absolute Gasteiger partial charge is 0.229 e. The van der Waals surface area contributed by atoms with E-state index in [4.69, 9.17) is 13.9 Å². The van der Waals surface area contributed by atoms with Gasteiger partial charge >= 0.3 is 0 Å². The van der Waals surface area contributed by atoms with E-state index in [-0.39, 0.29) is 16.7 Å². The molecule has 0 spiro atoms. The van der Waals surface area contributed by atoms with Gasteiger partial charge in [-0.1, -0.05) is 0 Å². The van der Waals surface area contributed by atoms with Gasteiger partial charge in [-0.25, -0.2) is 0 Å². The van der Waals surface area contributed by atoms with Gasteiger partial charge in [0, 0.05) is 17.7 Å². The molecule has 0 bridgehead atoms. The minimum atomic E-state index is -1.82. The van der Waals surface area contributed by atoms with E-state index in [1.165, 1.54) is 6.07 Å². The molecule has 2 heterocycles. The lowest BCUT2D eigenvalue weighted by molar-refractivity contribution is -0.277. The van der Waals surface area contributed by atoms with Gasteiger partial charge in [-0.3, -0.25) is 4.79 Å². The summed E-state index contributed by atoms with van der Waals surface area (Å²) in [5, 5.41) is 78.8. The van der Waals surface area contributed by atoms with Crippen LogP contribution >= 0.6 is 0 Å². The lowest BCUT2D eigenvalue weighted by Crippen LogP contribution is -2.60. The van der Waals surface area contributed by atoms with Crippen molar-refractivity contribution in [2.75, 3.05) is 6.61 Å². The van der Waals surface area contributed by atoms with Crippen molar-refractivity contribution >= 4 is 11.0 Å². The third-order valence-corrected chi connectivity index (χ3v) is 5.26. The van der Waals surface area contributed by atoms with Crippen molar-refractivity contribution in [1.82, 2.24) is 0 Å². The van der Waals surface area contributed by atoms with E-state index in [1.54, 1.807) is 0 Å². The predicted molar refractivity (Wildman–Crippen MR) is 109 cm³/mol. The molecule has 0 radical (unpaired) electrons. The first-order chi connectivity index (χ1) is 15.6. The number of aliphatic hydroxyl groups excluding tert-OH is 4. The third-order valence-electron chi connectivity index (χ3n) is 5.26. The molecule has 5 atom stereocenters. The van der Waals surface area contributed by atoms with E-state index < -0.39 is 77.1 Å².